The number of allylic oxidation sites excluding steroid dienone is 2. The molecule has 3 rings (SSSR count). The summed E-state index contributed by atoms with van der Waals surface area (Å²) in [5.41, 5.74) is 1.27. The lowest BCUT2D eigenvalue weighted by Gasteiger charge is -2.29. The molecule has 0 saturated heterocycles. The third-order valence-corrected chi connectivity index (χ3v) is 8.87. The van der Waals surface area contributed by atoms with Crippen LogP contribution < -0.4 is 16.0 Å². The largest absolute Gasteiger partial charge is 0.463 e. The summed E-state index contributed by atoms with van der Waals surface area (Å²) < 4.78 is 11.0. The molecule has 1 aliphatic rings. The van der Waals surface area contributed by atoms with Crippen molar-refractivity contribution < 1.29 is 33.8 Å². The quantitative estimate of drug-likeness (QED) is 0.0728. The summed E-state index contributed by atoms with van der Waals surface area (Å²) in [6.45, 7) is 7.94. The van der Waals surface area contributed by atoms with Crippen LogP contribution in [0.1, 0.15) is 75.3 Å². The van der Waals surface area contributed by atoms with E-state index < -0.39 is 29.5 Å². The fraction of sp³-hybridized carbons (Fsp3) is 0.487. The summed E-state index contributed by atoms with van der Waals surface area (Å²) in [6.07, 6.45) is 8.94. The van der Waals surface area contributed by atoms with Gasteiger partial charge in [0.1, 0.15) is 13.2 Å². The molecule has 3 atom stereocenters. The van der Waals surface area contributed by atoms with E-state index in [2.05, 4.69) is 29.1 Å². The van der Waals surface area contributed by atoms with E-state index in [-0.39, 0.29) is 50.4 Å². The van der Waals surface area contributed by atoms with Crippen LogP contribution in [0.2, 0.25) is 0 Å². The number of unbranched alkanes of at least 4 members (excludes halogenated alkanes) is 1. The number of esters is 1. The van der Waals surface area contributed by atoms with Crippen molar-refractivity contribution in [3.63, 3.8) is 0 Å². The number of ether oxygens (including phenoxy) is 2. The Morgan fingerprint density at radius 1 is 0.857 bits per heavy atom. The summed E-state index contributed by atoms with van der Waals surface area (Å²) in [5.74, 6) is -2.11. The summed E-state index contributed by atoms with van der Waals surface area (Å²) in [5, 5.41) is 18.7. The molecule has 3 amide bonds. The Hall–Kier alpha value is -4.44. The summed E-state index contributed by atoms with van der Waals surface area (Å²) in [7, 11) is 0. The first-order chi connectivity index (χ1) is 23.8. The maximum atomic E-state index is 13.5. The van der Waals surface area contributed by atoms with Crippen LogP contribution in [-0.2, 0) is 36.9 Å². The van der Waals surface area contributed by atoms with Gasteiger partial charge < -0.3 is 30.5 Å². The fourth-order valence-electron chi connectivity index (χ4n) is 6.09. The second kappa shape index (κ2) is 21.5. The Balaban J connectivity index is 1.58. The standard InChI is InChI=1S/C39H53N3O7/c1-3-15-32(26-35(44)42-39(29-43)22-12-13-23-39)36(45)41-34(21-11-14-24-40-38(47)49-27-31-19-9-6-10-20-31)28-48-37(46)33(16-4-2)25-30-17-7-5-8-18-30/h3-10,17-20,32-34,43H,1-2,11-16,21-29H2,(H,40,47)(H,41,45)(H,42,44)/t32-,33-,34+/m1/s1. The first-order valence-electron chi connectivity index (χ1n) is 17.4. The fourth-order valence-corrected chi connectivity index (χ4v) is 6.09. The van der Waals surface area contributed by atoms with E-state index in [1.54, 1.807) is 12.2 Å². The van der Waals surface area contributed by atoms with Crippen molar-refractivity contribution in [1.82, 2.24) is 16.0 Å². The number of aliphatic hydroxyl groups excluding tert-OH is 1. The zero-order chi connectivity index (χ0) is 35.3. The third kappa shape index (κ3) is 14.3. The van der Waals surface area contributed by atoms with E-state index in [9.17, 15) is 24.3 Å². The predicted octanol–water partition coefficient (Wildman–Crippen LogP) is 5.55. The van der Waals surface area contributed by atoms with Gasteiger partial charge in [0.25, 0.3) is 0 Å². The van der Waals surface area contributed by atoms with Gasteiger partial charge in [-0.05, 0) is 62.5 Å². The molecule has 10 heteroatoms. The number of carbonyl (C=O) groups excluding carboxylic acids is 4. The van der Waals surface area contributed by atoms with Crippen molar-refractivity contribution in [3.8, 4) is 0 Å². The lowest BCUT2D eigenvalue weighted by molar-refractivity contribution is -0.150. The van der Waals surface area contributed by atoms with E-state index in [1.165, 1.54) is 0 Å². The minimum atomic E-state index is -0.680. The minimum Gasteiger partial charge on any atom is -0.463 e. The van der Waals surface area contributed by atoms with E-state index in [4.69, 9.17) is 9.47 Å². The lowest BCUT2D eigenvalue weighted by Crippen LogP contribution is -2.50. The molecule has 0 spiro atoms. The van der Waals surface area contributed by atoms with E-state index in [0.717, 1.165) is 24.0 Å². The highest BCUT2D eigenvalue weighted by Crippen LogP contribution is 2.29. The van der Waals surface area contributed by atoms with Crippen molar-refractivity contribution in [1.29, 1.82) is 0 Å². The maximum absolute atomic E-state index is 13.5. The highest BCUT2D eigenvalue weighted by Gasteiger charge is 2.35. The highest BCUT2D eigenvalue weighted by atomic mass is 16.5. The zero-order valence-corrected chi connectivity index (χ0v) is 28.6. The summed E-state index contributed by atoms with van der Waals surface area (Å²) >= 11 is 0. The topological polar surface area (TPSA) is 143 Å². The molecule has 0 heterocycles. The van der Waals surface area contributed by atoms with Gasteiger partial charge >= 0.3 is 12.1 Å². The Labute approximate surface area is 290 Å². The van der Waals surface area contributed by atoms with Crippen molar-refractivity contribution in [2.24, 2.45) is 11.8 Å². The van der Waals surface area contributed by atoms with Gasteiger partial charge in [-0.15, -0.1) is 13.2 Å². The molecule has 1 fully saturated rings. The summed E-state index contributed by atoms with van der Waals surface area (Å²) in [4.78, 5) is 51.9. The number of carbonyl (C=O) groups is 4. The normalized spacial score (nSPS) is 15.2. The molecule has 0 bridgehead atoms. The van der Waals surface area contributed by atoms with Crippen molar-refractivity contribution in [3.05, 3.63) is 97.1 Å². The van der Waals surface area contributed by atoms with E-state index >= 15 is 0 Å². The highest BCUT2D eigenvalue weighted by molar-refractivity contribution is 5.86. The van der Waals surface area contributed by atoms with Gasteiger partial charge in [0.15, 0.2) is 0 Å². The first-order valence-corrected chi connectivity index (χ1v) is 17.4. The molecule has 49 heavy (non-hydrogen) atoms. The minimum absolute atomic E-state index is 0.0415. The van der Waals surface area contributed by atoms with Gasteiger partial charge in [-0.1, -0.05) is 85.7 Å². The molecule has 1 saturated carbocycles. The average molecular weight is 676 g/mol. The Kier molecular flexibility index (Phi) is 17.1. The van der Waals surface area contributed by atoms with Crippen molar-refractivity contribution in [2.75, 3.05) is 19.8 Å². The Bertz CT molecular complexity index is 1330. The third-order valence-electron chi connectivity index (χ3n) is 8.87. The molecule has 0 unspecified atom stereocenters. The number of hydrogen-bond donors (Lipinski definition) is 4. The Morgan fingerprint density at radius 2 is 1.49 bits per heavy atom. The van der Waals surface area contributed by atoms with Gasteiger partial charge in [0, 0.05) is 13.0 Å². The number of rotatable bonds is 22. The van der Waals surface area contributed by atoms with Crippen molar-refractivity contribution >= 4 is 23.9 Å². The van der Waals surface area contributed by atoms with Crippen LogP contribution in [0, 0.1) is 11.8 Å². The first kappa shape index (κ1) is 39.0. The van der Waals surface area contributed by atoms with Crippen LogP contribution >= 0.6 is 0 Å². The van der Waals surface area contributed by atoms with Crippen LogP contribution in [0.4, 0.5) is 4.79 Å². The molecule has 2 aromatic rings. The number of amides is 3. The molecule has 4 N–H and O–H groups in total. The molecule has 0 radical (unpaired) electrons. The lowest BCUT2D eigenvalue weighted by atomic mass is 9.95. The number of aliphatic hydroxyl groups is 1. The zero-order valence-electron chi connectivity index (χ0n) is 28.6. The van der Waals surface area contributed by atoms with Crippen LogP contribution in [0.3, 0.4) is 0 Å². The Morgan fingerprint density at radius 3 is 2.12 bits per heavy atom. The summed E-state index contributed by atoms with van der Waals surface area (Å²) in [6, 6.07) is 18.6. The number of benzene rings is 2. The second-order valence-electron chi connectivity index (χ2n) is 12.9. The predicted molar refractivity (Wildman–Crippen MR) is 189 cm³/mol. The smallest absolute Gasteiger partial charge is 0.407 e. The maximum Gasteiger partial charge on any atom is 0.407 e. The molecular formula is C39H53N3O7. The van der Waals surface area contributed by atoms with Gasteiger partial charge in [0.05, 0.1) is 30.0 Å². The number of hydrogen-bond acceptors (Lipinski definition) is 7. The van der Waals surface area contributed by atoms with Crippen LogP contribution in [0.25, 0.3) is 0 Å². The molecule has 1 aliphatic carbocycles. The number of nitrogens with one attached hydrogen (secondary N) is 3. The molecule has 0 aromatic heterocycles. The van der Waals surface area contributed by atoms with Crippen LogP contribution in [-0.4, -0.2) is 60.3 Å². The van der Waals surface area contributed by atoms with Crippen LogP contribution in [0.15, 0.2) is 86.0 Å². The molecule has 10 nitrogen and oxygen atoms in total. The van der Waals surface area contributed by atoms with Gasteiger partial charge in [-0.3, -0.25) is 14.4 Å². The van der Waals surface area contributed by atoms with Crippen LogP contribution in [0.5, 0.6) is 0 Å². The van der Waals surface area contributed by atoms with Gasteiger partial charge in [-0.25, -0.2) is 4.79 Å². The number of alkyl carbamates (subject to hydrolysis) is 1. The molecular weight excluding hydrogens is 622 g/mol. The van der Waals surface area contributed by atoms with E-state index in [0.29, 0.717) is 51.5 Å². The molecule has 2 aromatic carbocycles. The van der Waals surface area contributed by atoms with Crippen molar-refractivity contribution in [2.45, 2.75) is 88.8 Å². The average Bonchev–Trinajstić information content (AvgIpc) is 3.58. The molecule has 266 valence electrons. The monoisotopic (exact) mass is 675 g/mol. The van der Waals surface area contributed by atoms with E-state index in [1.807, 2.05) is 60.7 Å². The second-order valence-corrected chi connectivity index (χ2v) is 12.9. The molecule has 0 aliphatic heterocycles. The SMILES string of the molecule is C=CC[C@H](CC(=O)NC1(CO)CCCC1)C(=O)N[C@@H](CCCCNC(=O)OCc1ccccc1)COC(=O)[C@H](CC=C)Cc1ccccc1. The van der Waals surface area contributed by atoms with Gasteiger partial charge in [0.2, 0.25) is 11.8 Å². The van der Waals surface area contributed by atoms with Gasteiger partial charge in [-0.2, -0.15) is 0 Å².